The number of carbonyl (C=O) groups excluding carboxylic acids is 1. The number of hydrogen-bond donors (Lipinski definition) is 1. The topological polar surface area (TPSA) is 45.5 Å². The predicted molar refractivity (Wildman–Crippen MR) is 86.0 cm³/mol. The van der Waals surface area contributed by atoms with E-state index < -0.39 is 0 Å². The third kappa shape index (κ3) is 3.34. The second-order valence-electron chi connectivity index (χ2n) is 5.46. The standard InChI is InChI=1S/C17H19ClN2O2/c18-14-7-2-1-6-13(14)17(21)19-12-15(16-8-5-11-22-16)20-9-3-4-10-20/h1-2,5-8,11,15H,3-4,9-10,12H2,(H,19,21)/t15-/m1/s1. The molecule has 1 aliphatic rings. The van der Waals surface area contributed by atoms with Crippen LogP contribution in [0.2, 0.25) is 5.02 Å². The van der Waals surface area contributed by atoms with Crippen molar-refractivity contribution in [1.29, 1.82) is 0 Å². The number of amides is 1. The van der Waals surface area contributed by atoms with Gasteiger partial charge in [0.2, 0.25) is 0 Å². The minimum Gasteiger partial charge on any atom is -0.468 e. The SMILES string of the molecule is O=C(NC[C@H](c1ccco1)N1CCCC1)c1ccccc1Cl. The number of halogens is 1. The highest BCUT2D eigenvalue weighted by Crippen LogP contribution is 2.25. The summed E-state index contributed by atoms with van der Waals surface area (Å²) < 4.78 is 5.55. The van der Waals surface area contributed by atoms with Crippen LogP contribution in [0, 0.1) is 0 Å². The zero-order valence-electron chi connectivity index (χ0n) is 12.3. The maximum absolute atomic E-state index is 12.3. The lowest BCUT2D eigenvalue weighted by Crippen LogP contribution is -2.36. The highest BCUT2D eigenvalue weighted by Gasteiger charge is 2.26. The largest absolute Gasteiger partial charge is 0.468 e. The molecular weight excluding hydrogens is 300 g/mol. The highest BCUT2D eigenvalue weighted by atomic mass is 35.5. The van der Waals surface area contributed by atoms with Crippen molar-refractivity contribution >= 4 is 17.5 Å². The molecule has 3 rings (SSSR count). The molecule has 5 heteroatoms. The van der Waals surface area contributed by atoms with E-state index in [0.717, 1.165) is 18.8 Å². The Morgan fingerprint density at radius 3 is 2.68 bits per heavy atom. The molecule has 1 aliphatic heterocycles. The first-order valence-electron chi connectivity index (χ1n) is 7.56. The number of furan rings is 1. The van der Waals surface area contributed by atoms with E-state index in [9.17, 15) is 4.79 Å². The van der Waals surface area contributed by atoms with E-state index in [1.54, 1.807) is 18.4 Å². The van der Waals surface area contributed by atoms with E-state index in [4.69, 9.17) is 16.0 Å². The number of carbonyl (C=O) groups is 1. The van der Waals surface area contributed by atoms with E-state index in [0.29, 0.717) is 17.1 Å². The van der Waals surface area contributed by atoms with Crippen molar-refractivity contribution < 1.29 is 9.21 Å². The van der Waals surface area contributed by atoms with Crippen LogP contribution in [0.15, 0.2) is 47.1 Å². The summed E-state index contributed by atoms with van der Waals surface area (Å²) in [4.78, 5) is 14.7. The molecule has 1 aromatic heterocycles. The molecule has 1 amide bonds. The zero-order chi connectivity index (χ0) is 15.4. The number of hydrogen-bond acceptors (Lipinski definition) is 3. The van der Waals surface area contributed by atoms with Crippen molar-refractivity contribution in [3.8, 4) is 0 Å². The molecule has 1 fully saturated rings. The van der Waals surface area contributed by atoms with Gasteiger partial charge in [-0.2, -0.15) is 0 Å². The third-order valence-corrected chi connectivity index (χ3v) is 4.36. The van der Waals surface area contributed by atoms with Gasteiger partial charge in [-0.25, -0.2) is 0 Å². The van der Waals surface area contributed by atoms with Gasteiger partial charge in [0.15, 0.2) is 0 Å². The fourth-order valence-electron chi connectivity index (χ4n) is 2.87. The Labute approximate surface area is 135 Å². The molecule has 0 bridgehead atoms. The second-order valence-corrected chi connectivity index (χ2v) is 5.87. The summed E-state index contributed by atoms with van der Waals surface area (Å²) in [5.74, 6) is 0.739. The fourth-order valence-corrected chi connectivity index (χ4v) is 3.10. The first-order valence-corrected chi connectivity index (χ1v) is 7.93. The minimum atomic E-state index is -0.152. The molecule has 116 valence electrons. The maximum Gasteiger partial charge on any atom is 0.252 e. The van der Waals surface area contributed by atoms with E-state index in [1.165, 1.54) is 12.8 Å². The molecule has 0 unspecified atom stereocenters. The van der Waals surface area contributed by atoms with Crippen molar-refractivity contribution in [2.75, 3.05) is 19.6 Å². The van der Waals surface area contributed by atoms with Gasteiger partial charge in [0.25, 0.3) is 5.91 Å². The molecule has 2 aromatic rings. The first kappa shape index (κ1) is 15.1. The van der Waals surface area contributed by atoms with Gasteiger partial charge in [-0.1, -0.05) is 23.7 Å². The normalized spacial score (nSPS) is 16.6. The van der Waals surface area contributed by atoms with Crippen molar-refractivity contribution in [2.24, 2.45) is 0 Å². The summed E-state index contributed by atoms with van der Waals surface area (Å²) in [5, 5.41) is 3.45. The predicted octanol–water partition coefficient (Wildman–Crippen LogP) is 3.50. The summed E-state index contributed by atoms with van der Waals surface area (Å²) in [6, 6.07) is 11.0. The third-order valence-electron chi connectivity index (χ3n) is 4.03. The van der Waals surface area contributed by atoms with Crippen LogP contribution in [0.4, 0.5) is 0 Å². The molecule has 1 aromatic carbocycles. The van der Waals surface area contributed by atoms with Gasteiger partial charge in [-0.15, -0.1) is 0 Å². The Hall–Kier alpha value is -1.78. The monoisotopic (exact) mass is 318 g/mol. The number of likely N-dealkylation sites (tertiary alicyclic amines) is 1. The van der Waals surface area contributed by atoms with Crippen LogP contribution in [0.3, 0.4) is 0 Å². The molecular formula is C17H19ClN2O2. The number of benzene rings is 1. The van der Waals surface area contributed by atoms with Crippen LogP contribution in [0.1, 0.15) is 35.0 Å². The average molecular weight is 319 g/mol. The van der Waals surface area contributed by atoms with Gasteiger partial charge in [-0.05, 0) is 50.2 Å². The molecule has 2 heterocycles. The molecule has 0 radical (unpaired) electrons. The summed E-state index contributed by atoms with van der Waals surface area (Å²) >= 11 is 6.07. The lowest BCUT2D eigenvalue weighted by molar-refractivity contribution is 0.0934. The smallest absolute Gasteiger partial charge is 0.252 e. The summed E-state index contributed by atoms with van der Waals surface area (Å²) in [6.45, 7) is 2.58. The average Bonchev–Trinajstić information content (AvgIpc) is 3.21. The van der Waals surface area contributed by atoms with E-state index in [-0.39, 0.29) is 11.9 Å². The lowest BCUT2D eigenvalue weighted by Gasteiger charge is -2.26. The summed E-state index contributed by atoms with van der Waals surface area (Å²) in [6.07, 6.45) is 4.06. The Morgan fingerprint density at radius 1 is 1.23 bits per heavy atom. The van der Waals surface area contributed by atoms with Crippen molar-refractivity contribution in [1.82, 2.24) is 10.2 Å². The van der Waals surface area contributed by atoms with Crippen LogP contribution in [-0.2, 0) is 0 Å². The molecule has 0 spiro atoms. The molecule has 22 heavy (non-hydrogen) atoms. The zero-order valence-corrected chi connectivity index (χ0v) is 13.1. The number of rotatable bonds is 5. The Bertz CT molecular complexity index is 621. The molecule has 0 saturated carbocycles. The van der Waals surface area contributed by atoms with Crippen LogP contribution in [0.5, 0.6) is 0 Å². The van der Waals surface area contributed by atoms with Crippen LogP contribution >= 0.6 is 11.6 Å². The van der Waals surface area contributed by atoms with Gasteiger partial charge >= 0.3 is 0 Å². The van der Waals surface area contributed by atoms with Gasteiger partial charge in [0.05, 0.1) is 22.9 Å². The van der Waals surface area contributed by atoms with Gasteiger partial charge in [0, 0.05) is 6.54 Å². The molecule has 1 atom stereocenters. The quantitative estimate of drug-likeness (QED) is 0.917. The number of nitrogens with one attached hydrogen (secondary N) is 1. The Morgan fingerprint density at radius 2 is 2.00 bits per heavy atom. The molecule has 4 nitrogen and oxygen atoms in total. The van der Waals surface area contributed by atoms with E-state index in [2.05, 4.69) is 10.2 Å². The minimum absolute atomic E-state index is 0.0731. The Kier molecular flexibility index (Phi) is 4.80. The van der Waals surface area contributed by atoms with Crippen molar-refractivity contribution in [3.05, 3.63) is 59.0 Å². The van der Waals surface area contributed by atoms with Crippen LogP contribution in [-0.4, -0.2) is 30.4 Å². The lowest BCUT2D eigenvalue weighted by atomic mass is 10.1. The molecule has 1 saturated heterocycles. The van der Waals surface area contributed by atoms with Crippen molar-refractivity contribution in [3.63, 3.8) is 0 Å². The summed E-state index contributed by atoms with van der Waals surface area (Å²) in [7, 11) is 0. The Balaban J connectivity index is 1.69. The molecule has 1 N–H and O–H groups in total. The van der Waals surface area contributed by atoms with E-state index >= 15 is 0 Å². The highest BCUT2D eigenvalue weighted by molar-refractivity contribution is 6.33. The van der Waals surface area contributed by atoms with Gasteiger partial charge in [0.1, 0.15) is 5.76 Å². The van der Waals surface area contributed by atoms with Gasteiger partial charge < -0.3 is 9.73 Å². The van der Waals surface area contributed by atoms with Crippen LogP contribution in [0.25, 0.3) is 0 Å². The van der Waals surface area contributed by atoms with E-state index in [1.807, 2.05) is 24.3 Å². The molecule has 0 aliphatic carbocycles. The first-order chi connectivity index (χ1) is 10.8. The summed E-state index contributed by atoms with van der Waals surface area (Å²) in [5.41, 5.74) is 0.504. The fraction of sp³-hybridized carbons (Fsp3) is 0.353. The van der Waals surface area contributed by atoms with Crippen LogP contribution < -0.4 is 5.32 Å². The number of nitrogens with zero attached hydrogens (tertiary/aromatic N) is 1. The van der Waals surface area contributed by atoms with Gasteiger partial charge in [-0.3, -0.25) is 9.69 Å². The maximum atomic E-state index is 12.3. The van der Waals surface area contributed by atoms with Crippen molar-refractivity contribution in [2.45, 2.75) is 18.9 Å². The second kappa shape index (κ2) is 6.99.